The van der Waals surface area contributed by atoms with Crippen LogP contribution < -0.4 is 0 Å². The lowest BCUT2D eigenvalue weighted by Crippen LogP contribution is -2.31. The second-order valence-corrected chi connectivity index (χ2v) is 4.83. The van der Waals surface area contributed by atoms with Crippen LogP contribution in [0.5, 0.6) is 0 Å². The molecule has 0 aliphatic carbocycles. The summed E-state index contributed by atoms with van der Waals surface area (Å²) in [6.07, 6.45) is 2.59. The fraction of sp³-hybridized carbons (Fsp3) is 0.154. The second kappa shape index (κ2) is 6.07. The van der Waals surface area contributed by atoms with E-state index < -0.39 is 17.8 Å². The number of hydroxylamine groups is 2. The van der Waals surface area contributed by atoms with Gasteiger partial charge in [-0.2, -0.15) is 0 Å². The molecule has 1 heterocycles. The fourth-order valence-corrected chi connectivity index (χ4v) is 2.04. The Morgan fingerprint density at radius 3 is 2.45 bits per heavy atom. The quantitative estimate of drug-likeness (QED) is 0.635. The lowest BCUT2D eigenvalue weighted by Gasteiger charge is -2.10. The topological polar surface area (TPSA) is 63.7 Å². The van der Waals surface area contributed by atoms with Crippen molar-refractivity contribution in [1.29, 1.82) is 0 Å². The van der Waals surface area contributed by atoms with Crippen LogP contribution in [0.3, 0.4) is 0 Å². The van der Waals surface area contributed by atoms with Gasteiger partial charge in [-0.25, -0.2) is 4.79 Å². The zero-order valence-electron chi connectivity index (χ0n) is 10.1. The minimum absolute atomic E-state index is 0.0544. The molecule has 1 saturated heterocycles. The molecule has 0 bridgehead atoms. The van der Waals surface area contributed by atoms with Crippen molar-refractivity contribution in [2.75, 3.05) is 0 Å². The number of rotatable bonds is 3. The highest BCUT2D eigenvalue weighted by Crippen LogP contribution is 2.22. The summed E-state index contributed by atoms with van der Waals surface area (Å²) < 4.78 is 0. The minimum Gasteiger partial charge on any atom is -0.326 e. The summed E-state index contributed by atoms with van der Waals surface area (Å²) in [5, 5.41) is 1.33. The van der Waals surface area contributed by atoms with Crippen molar-refractivity contribution < 1.29 is 19.2 Å². The molecule has 2 amide bonds. The maximum atomic E-state index is 11.5. The van der Waals surface area contributed by atoms with E-state index >= 15 is 0 Å². The van der Waals surface area contributed by atoms with Gasteiger partial charge in [0.15, 0.2) is 0 Å². The third-order valence-corrected chi connectivity index (χ3v) is 3.11. The summed E-state index contributed by atoms with van der Waals surface area (Å²) in [7, 11) is 0. The van der Waals surface area contributed by atoms with Crippen molar-refractivity contribution in [2.45, 2.75) is 12.8 Å². The molecule has 0 saturated carbocycles. The lowest BCUT2D eigenvalue weighted by atomic mass is 10.2. The minimum atomic E-state index is -0.834. The van der Waals surface area contributed by atoms with E-state index in [0.29, 0.717) is 20.7 Å². The first-order valence-electron chi connectivity index (χ1n) is 5.68. The van der Waals surface area contributed by atoms with E-state index in [0.717, 1.165) is 6.08 Å². The third kappa shape index (κ3) is 3.37. The predicted octanol–water partition coefficient (Wildman–Crippen LogP) is 2.61. The summed E-state index contributed by atoms with van der Waals surface area (Å²) in [6.45, 7) is 0. The van der Waals surface area contributed by atoms with Crippen LogP contribution in [0.2, 0.25) is 10.0 Å². The molecule has 1 aromatic rings. The first kappa shape index (κ1) is 14.6. The highest BCUT2D eigenvalue weighted by atomic mass is 35.5. The number of hydrogen-bond donors (Lipinski definition) is 0. The summed E-state index contributed by atoms with van der Waals surface area (Å²) in [6, 6.07) is 4.77. The maximum Gasteiger partial charge on any atom is 0.356 e. The van der Waals surface area contributed by atoms with Crippen molar-refractivity contribution >= 4 is 47.1 Å². The maximum absolute atomic E-state index is 11.5. The molecular weight excluding hydrogens is 305 g/mol. The number of halogens is 2. The monoisotopic (exact) mass is 313 g/mol. The summed E-state index contributed by atoms with van der Waals surface area (Å²) in [5.74, 6) is -1.89. The largest absolute Gasteiger partial charge is 0.356 e. The van der Waals surface area contributed by atoms with E-state index in [4.69, 9.17) is 23.2 Å². The Morgan fingerprint density at radius 1 is 1.20 bits per heavy atom. The number of carbonyl (C=O) groups is 3. The van der Waals surface area contributed by atoms with Crippen molar-refractivity contribution in [3.05, 3.63) is 39.9 Å². The summed E-state index contributed by atoms with van der Waals surface area (Å²) in [4.78, 5) is 38.7. The molecule has 1 fully saturated rings. The van der Waals surface area contributed by atoms with Crippen LogP contribution >= 0.6 is 23.2 Å². The van der Waals surface area contributed by atoms with Crippen molar-refractivity contribution in [2.24, 2.45) is 0 Å². The van der Waals surface area contributed by atoms with Crippen LogP contribution in [-0.4, -0.2) is 22.8 Å². The molecule has 104 valence electrons. The Hall–Kier alpha value is -1.85. The van der Waals surface area contributed by atoms with E-state index in [9.17, 15) is 14.4 Å². The highest BCUT2D eigenvalue weighted by molar-refractivity contribution is 6.35. The lowest BCUT2D eigenvalue weighted by molar-refractivity contribution is -0.193. The van der Waals surface area contributed by atoms with Gasteiger partial charge in [-0.3, -0.25) is 9.59 Å². The number of amides is 2. The van der Waals surface area contributed by atoms with E-state index in [-0.39, 0.29) is 12.8 Å². The normalized spacial score (nSPS) is 15.2. The second-order valence-electron chi connectivity index (χ2n) is 3.99. The van der Waals surface area contributed by atoms with Crippen LogP contribution in [0.25, 0.3) is 6.08 Å². The zero-order chi connectivity index (χ0) is 14.7. The molecule has 1 aliphatic heterocycles. The molecule has 0 radical (unpaired) electrons. The van der Waals surface area contributed by atoms with E-state index in [1.165, 1.54) is 12.1 Å². The van der Waals surface area contributed by atoms with E-state index in [1.54, 1.807) is 12.1 Å². The van der Waals surface area contributed by atoms with Gasteiger partial charge in [-0.05, 0) is 23.8 Å². The van der Waals surface area contributed by atoms with Gasteiger partial charge in [-0.15, -0.1) is 5.06 Å². The van der Waals surface area contributed by atoms with Gasteiger partial charge in [0.05, 0.1) is 0 Å². The standard InChI is InChI=1S/C13H9Cl2NO4/c14-9-3-1-8(10(15)7-9)2-6-13(19)20-16-11(17)4-5-12(16)18/h1-3,6-7H,4-5H2/b6-2+. The van der Waals surface area contributed by atoms with E-state index in [1.807, 2.05) is 0 Å². The Kier molecular flexibility index (Phi) is 4.42. The van der Waals surface area contributed by atoms with Gasteiger partial charge in [-0.1, -0.05) is 29.3 Å². The Bertz CT molecular complexity index is 596. The summed E-state index contributed by atoms with van der Waals surface area (Å²) >= 11 is 11.7. The summed E-state index contributed by atoms with van der Waals surface area (Å²) in [5.41, 5.74) is 0.562. The van der Waals surface area contributed by atoms with Crippen molar-refractivity contribution in [1.82, 2.24) is 5.06 Å². The van der Waals surface area contributed by atoms with Crippen LogP contribution in [0.4, 0.5) is 0 Å². The third-order valence-electron chi connectivity index (χ3n) is 2.55. The first-order valence-corrected chi connectivity index (χ1v) is 6.44. The molecule has 0 aromatic heterocycles. The van der Waals surface area contributed by atoms with Gasteiger partial charge in [0.2, 0.25) is 0 Å². The van der Waals surface area contributed by atoms with Crippen LogP contribution in [0, 0.1) is 0 Å². The molecule has 1 aromatic carbocycles. The number of carbonyl (C=O) groups excluding carboxylic acids is 3. The van der Waals surface area contributed by atoms with Gasteiger partial charge in [0, 0.05) is 29.0 Å². The van der Waals surface area contributed by atoms with Gasteiger partial charge >= 0.3 is 5.97 Å². The number of imide groups is 1. The van der Waals surface area contributed by atoms with Crippen LogP contribution in [-0.2, 0) is 19.2 Å². The molecular formula is C13H9Cl2NO4. The van der Waals surface area contributed by atoms with Crippen molar-refractivity contribution in [3.63, 3.8) is 0 Å². The van der Waals surface area contributed by atoms with Crippen LogP contribution in [0.1, 0.15) is 18.4 Å². The average Bonchev–Trinajstić information content (AvgIpc) is 2.69. The smallest absolute Gasteiger partial charge is 0.326 e. The Balaban J connectivity index is 2.02. The number of hydrogen-bond acceptors (Lipinski definition) is 4. The Morgan fingerprint density at radius 2 is 1.85 bits per heavy atom. The van der Waals surface area contributed by atoms with Crippen LogP contribution in [0.15, 0.2) is 24.3 Å². The SMILES string of the molecule is O=C(/C=C/c1ccc(Cl)cc1Cl)ON1C(=O)CCC1=O. The number of nitrogens with zero attached hydrogens (tertiary/aromatic N) is 1. The molecule has 2 rings (SSSR count). The molecule has 0 unspecified atom stereocenters. The number of benzene rings is 1. The molecule has 20 heavy (non-hydrogen) atoms. The predicted molar refractivity (Wildman–Crippen MR) is 72.7 cm³/mol. The molecule has 1 aliphatic rings. The molecule has 7 heteroatoms. The Labute approximate surface area is 124 Å². The average molecular weight is 314 g/mol. The first-order chi connectivity index (χ1) is 9.47. The van der Waals surface area contributed by atoms with Gasteiger partial charge in [0.1, 0.15) is 0 Å². The molecule has 5 nitrogen and oxygen atoms in total. The van der Waals surface area contributed by atoms with E-state index in [2.05, 4.69) is 4.84 Å². The van der Waals surface area contributed by atoms with Gasteiger partial charge in [0.25, 0.3) is 11.8 Å². The zero-order valence-corrected chi connectivity index (χ0v) is 11.6. The highest BCUT2D eigenvalue weighted by Gasteiger charge is 2.32. The van der Waals surface area contributed by atoms with Gasteiger partial charge < -0.3 is 4.84 Å². The van der Waals surface area contributed by atoms with Crippen molar-refractivity contribution in [3.8, 4) is 0 Å². The molecule has 0 spiro atoms. The molecule has 0 N–H and O–H groups in total. The molecule has 0 atom stereocenters. The fourth-order valence-electron chi connectivity index (χ4n) is 1.57.